The summed E-state index contributed by atoms with van der Waals surface area (Å²) in [4.78, 5) is 11.1. The SMILES string of the molecule is CC(=O)Cc1cccc(-c2ccc(Br)cc2)c1. The minimum Gasteiger partial charge on any atom is -0.300 e. The van der Waals surface area contributed by atoms with Crippen LogP contribution in [-0.4, -0.2) is 5.78 Å². The van der Waals surface area contributed by atoms with Gasteiger partial charge < -0.3 is 0 Å². The Kier molecular flexibility index (Phi) is 3.75. The Bertz CT molecular complexity index is 529. The summed E-state index contributed by atoms with van der Waals surface area (Å²) >= 11 is 3.42. The lowest BCUT2D eigenvalue weighted by molar-refractivity contribution is -0.116. The number of carbonyl (C=O) groups is 1. The lowest BCUT2D eigenvalue weighted by atomic mass is 10.0. The first-order valence-electron chi connectivity index (χ1n) is 5.49. The molecule has 1 nitrogen and oxygen atoms in total. The zero-order valence-electron chi connectivity index (χ0n) is 9.61. The standard InChI is InChI=1S/C15H13BrO/c1-11(17)9-12-3-2-4-14(10-12)13-5-7-15(16)8-6-13/h2-8,10H,9H2,1H3. The molecular formula is C15H13BrO. The van der Waals surface area contributed by atoms with Gasteiger partial charge in [0.1, 0.15) is 5.78 Å². The van der Waals surface area contributed by atoms with Gasteiger partial charge in [0.25, 0.3) is 0 Å². The topological polar surface area (TPSA) is 17.1 Å². The van der Waals surface area contributed by atoms with Gasteiger partial charge in [-0.1, -0.05) is 52.3 Å². The third-order valence-electron chi connectivity index (χ3n) is 2.56. The second-order valence-corrected chi connectivity index (χ2v) is 5.00. The molecule has 2 rings (SSSR count). The summed E-state index contributed by atoms with van der Waals surface area (Å²) in [7, 11) is 0. The van der Waals surface area contributed by atoms with E-state index in [4.69, 9.17) is 0 Å². The van der Waals surface area contributed by atoms with Crippen molar-refractivity contribution in [2.24, 2.45) is 0 Å². The van der Waals surface area contributed by atoms with Crippen LogP contribution in [0.5, 0.6) is 0 Å². The summed E-state index contributed by atoms with van der Waals surface area (Å²) in [5.41, 5.74) is 3.38. The number of hydrogen-bond donors (Lipinski definition) is 0. The second kappa shape index (κ2) is 5.28. The Balaban J connectivity index is 2.32. The molecule has 0 bridgehead atoms. The smallest absolute Gasteiger partial charge is 0.134 e. The summed E-state index contributed by atoms with van der Waals surface area (Å²) in [5, 5.41) is 0. The second-order valence-electron chi connectivity index (χ2n) is 4.09. The fourth-order valence-corrected chi connectivity index (χ4v) is 2.05. The predicted octanol–water partition coefficient (Wildman–Crippen LogP) is 4.25. The number of Topliss-reactive ketones (excluding diaryl/α,β-unsaturated/α-hetero) is 1. The molecule has 0 saturated carbocycles. The zero-order chi connectivity index (χ0) is 12.3. The van der Waals surface area contributed by atoms with E-state index in [0.29, 0.717) is 6.42 Å². The molecule has 0 N–H and O–H groups in total. The quantitative estimate of drug-likeness (QED) is 0.825. The van der Waals surface area contributed by atoms with Gasteiger partial charge in [0, 0.05) is 10.9 Å². The molecule has 0 amide bonds. The summed E-state index contributed by atoms with van der Waals surface area (Å²) in [6.45, 7) is 1.62. The van der Waals surface area contributed by atoms with Crippen molar-refractivity contribution >= 4 is 21.7 Å². The minimum atomic E-state index is 0.193. The summed E-state index contributed by atoms with van der Waals surface area (Å²) in [6, 6.07) is 16.3. The Morgan fingerprint density at radius 1 is 1.06 bits per heavy atom. The summed E-state index contributed by atoms with van der Waals surface area (Å²) in [6.07, 6.45) is 0.504. The number of ketones is 1. The largest absolute Gasteiger partial charge is 0.300 e. The van der Waals surface area contributed by atoms with Crippen LogP contribution in [0.25, 0.3) is 11.1 Å². The molecule has 2 heteroatoms. The van der Waals surface area contributed by atoms with Gasteiger partial charge >= 0.3 is 0 Å². The highest BCUT2D eigenvalue weighted by Gasteiger charge is 2.01. The normalized spacial score (nSPS) is 10.2. The van der Waals surface area contributed by atoms with Crippen molar-refractivity contribution in [3.8, 4) is 11.1 Å². The van der Waals surface area contributed by atoms with E-state index < -0.39 is 0 Å². The molecule has 0 aliphatic rings. The molecule has 0 fully saturated rings. The lowest BCUT2D eigenvalue weighted by Gasteiger charge is -2.04. The maximum Gasteiger partial charge on any atom is 0.134 e. The molecular weight excluding hydrogens is 276 g/mol. The van der Waals surface area contributed by atoms with Gasteiger partial charge in [0.15, 0.2) is 0 Å². The average Bonchev–Trinajstić information content (AvgIpc) is 2.29. The maximum absolute atomic E-state index is 11.1. The van der Waals surface area contributed by atoms with Crippen molar-refractivity contribution in [2.75, 3.05) is 0 Å². The van der Waals surface area contributed by atoms with Crippen LogP contribution in [0.2, 0.25) is 0 Å². The Hall–Kier alpha value is -1.41. The molecule has 0 radical (unpaired) electrons. The molecule has 2 aromatic rings. The average molecular weight is 289 g/mol. The van der Waals surface area contributed by atoms with Gasteiger partial charge in [-0.05, 0) is 35.7 Å². The van der Waals surface area contributed by atoms with Gasteiger partial charge in [-0.25, -0.2) is 0 Å². The van der Waals surface area contributed by atoms with Crippen LogP contribution in [0.15, 0.2) is 53.0 Å². The number of hydrogen-bond acceptors (Lipinski definition) is 1. The Morgan fingerprint density at radius 2 is 1.76 bits per heavy atom. The third-order valence-corrected chi connectivity index (χ3v) is 3.09. The minimum absolute atomic E-state index is 0.193. The van der Waals surface area contributed by atoms with Gasteiger partial charge in [-0.3, -0.25) is 4.79 Å². The van der Waals surface area contributed by atoms with Crippen molar-refractivity contribution in [3.63, 3.8) is 0 Å². The summed E-state index contributed by atoms with van der Waals surface area (Å²) in [5.74, 6) is 0.193. The van der Waals surface area contributed by atoms with Crippen LogP contribution < -0.4 is 0 Å². The highest BCUT2D eigenvalue weighted by Crippen LogP contribution is 2.22. The molecule has 0 aliphatic carbocycles. The van der Waals surface area contributed by atoms with Crippen LogP contribution in [-0.2, 0) is 11.2 Å². The molecule has 2 aromatic carbocycles. The van der Waals surface area contributed by atoms with E-state index in [9.17, 15) is 4.79 Å². The fraction of sp³-hybridized carbons (Fsp3) is 0.133. The van der Waals surface area contributed by atoms with Crippen LogP contribution in [0, 0.1) is 0 Å². The van der Waals surface area contributed by atoms with Crippen molar-refractivity contribution in [1.29, 1.82) is 0 Å². The van der Waals surface area contributed by atoms with Crippen LogP contribution in [0.1, 0.15) is 12.5 Å². The Morgan fingerprint density at radius 3 is 2.41 bits per heavy atom. The van der Waals surface area contributed by atoms with Crippen molar-refractivity contribution in [1.82, 2.24) is 0 Å². The fourth-order valence-electron chi connectivity index (χ4n) is 1.79. The Labute approximate surface area is 110 Å². The van der Waals surface area contributed by atoms with E-state index in [-0.39, 0.29) is 5.78 Å². The molecule has 0 aromatic heterocycles. The highest BCUT2D eigenvalue weighted by molar-refractivity contribution is 9.10. The van der Waals surface area contributed by atoms with E-state index in [1.165, 1.54) is 5.56 Å². The molecule has 0 unspecified atom stereocenters. The van der Waals surface area contributed by atoms with E-state index in [1.54, 1.807) is 6.92 Å². The van der Waals surface area contributed by atoms with Crippen LogP contribution >= 0.6 is 15.9 Å². The van der Waals surface area contributed by atoms with Crippen LogP contribution in [0.3, 0.4) is 0 Å². The third kappa shape index (κ3) is 3.27. The van der Waals surface area contributed by atoms with E-state index in [1.807, 2.05) is 24.3 Å². The van der Waals surface area contributed by atoms with Gasteiger partial charge in [0.2, 0.25) is 0 Å². The molecule has 0 atom stereocenters. The highest BCUT2D eigenvalue weighted by atomic mass is 79.9. The van der Waals surface area contributed by atoms with E-state index in [2.05, 4.69) is 40.2 Å². The summed E-state index contributed by atoms with van der Waals surface area (Å²) < 4.78 is 1.07. The molecule has 0 saturated heterocycles. The van der Waals surface area contributed by atoms with E-state index in [0.717, 1.165) is 15.6 Å². The first-order chi connectivity index (χ1) is 8.15. The number of halogens is 1. The first-order valence-corrected chi connectivity index (χ1v) is 6.29. The van der Waals surface area contributed by atoms with Gasteiger partial charge in [-0.2, -0.15) is 0 Å². The van der Waals surface area contributed by atoms with Gasteiger partial charge in [-0.15, -0.1) is 0 Å². The molecule has 0 heterocycles. The van der Waals surface area contributed by atoms with Crippen LogP contribution in [0.4, 0.5) is 0 Å². The number of carbonyl (C=O) groups excluding carboxylic acids is 1. The first kappa shape index (κ1) is 12.1. The van der Waals surface area contributed by atoms with Crippen molar-refractivity contribution < 1.29 is 4.79 Å². The molecule has 0 spiro atoms. The van der Waals surface area contributed by atoms with Crippen molar-refractivity contribution in [2.45, 2.75) is 13.3 Å². The molecule has 17 heavy (non-hydrogen) atoms. The number of benzene rings is 2. The molecule has 0 aliphatic heterocycles. The van der Waals surface area contributed by atoms with E-state index >= 15 is 0 Å². The van der Waals surface area contributed by atoms with Gasteiger partial charge in [0.05, 0.1) is 0 Å². The number of rotatable bonds is 3. The van der Waals surface area contributed by atoms with Crippen molar-refractivity contribution in [3.05, 3.63) is 58.6 Å². The maximum atomic E-state index is 11.1. The molecule has 86 valence electrons. The monoisotopic (exact) mass is 288 g/mol. The zero-order valence-corrected chi connectivity index (χ0v) is 11.2. The lowest BCUT2D eigenvalue weighted by Crippen LogP contribution is -1.95. The predicted molar refractivity (Wildman–Crippen MR) is 74.0 cm³/mol.